The van der Waals surface area contributed by atoms with Crippen LogP contribution >= 0.6 is 0 Å². The summed E-state index contributed by atoms with van der Waals surface area (Å²) in [6.45, 7) is 0.165. The molecule has 1 N–H and O–H groups in total. The van der Waals surface area contributed by atoms with Gasteiger partial charge in [0.05, 0.1) is 25.5 Å². The number of H-pyrrole nitrogens is 1. The number of hydrogen-bond donors (Lipinski definition) is 1. The number of carbonyl (C=O) groups is 3. The van der Waals surface area contributed by atoms with Crippen LogP contribution in [0.5, 0.6) is 5.75 Å². The van der Waals surface area contributed by atoms with Crippen LogP contribution in [0.1, 0.15) is 49.1 Å². The Kier molecular flexibility index (Phi) is 4.16. The lowest BCUT2D eigenvalue weighted by atomic mass is 9.82. The lowest BCUT2D eigenvalue weighted by molar-refractivity contribution is -0.141. The molecule has 1 amide bonds. The number of alkyl halides is 3. The molecule has 1 spiro atoms. The Morgan fingerprint density at radius 1 is 1.26 bits per heavy atom. The first kappa shape index (κ1) is 21.5. The summed E-state index contributed by atoms with van der Waals surface area (Å²) in [5.41, 5.74) is -2.81. The van der Waals surface area contributed by atoms with Gasteiger partial charge in [-0.05, 0) is 24.5 Å². The van der Waals surface area contributed by atoms with Gasteiger partial charge < -0.3 is 23.8 Å². The van der Waals surface area contributed by atoms with Gasteiger partial charge in [-0.1, -0.05) is 12.1 Å². The summed E-state index contributed by atoms with van der Waals surface area (Å²) in [6, 6.07) is 6.72. The standard InChI is InChI=1S/C24H17F3N2O6/c1-33-13-5-3-4-10-6-14(35-19(10)13)21(31)29-9-11-8-23(11)15(29)7-12(30)18-17(23)16(22(32)34-2)20(28-18)24(25,26)27/h3-7,11,28H,8-9H2,1-2H3/t11-,23+/m1/s1. The summed E-state index contributed by atoms with van der Waals surface area (Å²) in [5.74, 6) is -2.31. The van der Waals surface area contributed by atoms with Gasteiger partial charge in [0, 0.05) is 34.7 Å². The van der Waals surface area contributed by atoms with Gasteiger partial charge in [-0.3, -0.25) is 9.59 Å². The smallest absolute Gasteiger partial charge is 0.432 e. The number of piperidine rings is 1. The first-order valence-electron chi connectivity index (χ1n) is 10.7. The number of nitrogens with zero attached hydrogens (tertiary/aromatic N) is 1. The normalized spacial score (nSPS) is 22.4. The van der Waals surface area contributed by atoms with Crippen LogP contribution in [0.2, 0.25) is 0 Å². The molecule has 0 radical (unpaired) electrons. The molecule has 0 bridgehead atoms. The van der Waals surface area contributed by atoms with Crippen LogP contribution in [-0.4, -0.2) is 48.3 Å². The predicted octanol–water partition coefficient (Wildman–Crippen LogP) is 4.07. The molecular formula is C24H17F3N2O6. The maximum atomic E-state index is 13.8. The van der Waals surface area contributed by atoms with Crippen molar-refractivity contribution in [2.45, 2.75) is 18.0 Å². The number of hydrogen-bond acceptors (Lipinski definition) is 6. The number of carbonyl (C=O) groups excluding carboxylic acids is 3. The largest absolute Gasteiger partial charge is 0.493 e. The molecule has 35 heavy (non-hydrogen) atoms. The number of benzene rings is 1. The van der Waals surface area contributed by atoms with Crippen LogP contribution in [0.25, 0.3) is 11.0 Å². The van der Waals surface area contributed by atoms with E-state index in [2.05, 4.69) is 9.72 Å². The van der Waals surface area contributed by atoms with Crippen molar-refractivity contribution >= 4 is 28.6 Å². The molecule has 3 aromatic rings. The van der Waals surface area contributed by atoms with E-state index in [4.69, 9.17) is 9.15 Å². The summed E-state index contributed by atoms with van der Waals surface area (Å²) in [5, 5.41) is 0.635. The summed E-state index contributed by atoms with van der Waals surface area (Å²) in [7, 11) is 2.45. The van der Waals surface area contributed by atoms with Crippen molar-refractivity contribution in [3.8, 4) is 5.75 Å². The molecule has 2 aliphatic carbocycles. The Bertz CT molecular complexity index is 1500. The zero-order valence-corrected chi connectivity index (χ0v) is 18.4. The Morgan fingerprint density at radius 2 is 2.03 bits per heavy atom. The molecule has 11 heteroatoms. The summed E-state index contributed by atoms with van der Waals surface area (Å²) in [6.07, 6.45) is -3.34. The zero-order valence-electron chi connectivity index (χ0n) is 18.4. The number of ether oxygens (including phenoxy) is 2. The van der Waals surface area contributed by atoms with Crippen LogP contribution in [0, 0.1) is 5.92 Å². The molecule has 1 saturated heterocycles. The molecule has 1 aromatic carbocycles. The van der Waals surface area contributed by atoms with E-state index in [-0.39, 0.29) is 35.2 Å². The molecule has 0 unspecified atom stereocenters. The molecule has 8 nitrogen and oxygen atoms in total. The fourth-order valence-electron chi connectivity index (χ4n) is 5.54. The molecule has 2 atom stereocenters. The fraction of sp³-hybridized carbons (Fsp3) is 0.292. The lowest BCUT2D eigenvalue weighted by Gasteiger charge is -2.27. The monoisotopic (exact) mass is 486 g/mol. The third-order valence-electron chi connectivity index (χ3n) is 7.07. The Morgan fingerprint density at radius 3 is 2.71 bits per heavy atom. The summed E-state index contributed by atoms with van der Waals surface area (Å²) >= 11 is 0. The average molecular weight is 486 g/mol. The number of para-hydroxylation sites is 1. The molecule has 6 rings (SSSR count). The van der Waals surface area contributed by atoms with Crippen LogP contribution in [0.3, 0.4) is 0 Å². The molecule has 180 valence electrons. The van der Waals surface area contributed by atoms with Crippen LogP contribution in [0.4, 0.5) is 13.2 Å². The highest BCUT2D eigenvalue weighted by atomic mass is 19.4. The second-order valence-electron chi connectivity index (χ2n) is 8.79. The van der Waals surface area contributed by atoms with Crippen LogP contribution in [-0.2, 0) is 16.3 Å². The SMILES string of the molecule is COC(=O)c1c(C(F)(F)F)[nH]c2c1[C@@]13C[C@@H]1CN(C(=O)c1cc4cccc(OC)c4o1)C3=CC2=O. The van der Waals surface area contributed by atoms with E-state index in [1.165, 1.54) is 18.1 Å². The highest BCUT2D eigenvalue weighted by Crippen LogP contribution is 2.68. The minimum Gasteiger partial charge on any atom is -0.493 e. The van der Waals surface area contributed by atoms with E-state index in [9.17, 15) is 27.6 Å². The summed E-state index contributed by atoms with van der Waals surface area (Å²) < 4.78 is 57.0. The number of ketones is 1. The van der Waals surface area contributed by atoms with E-state index in [1.54, 1.807) is 24.3 Å². The van der Waals surface area contributed by atoms with E-state index in [0.29, 0.717) is 23.1 Å². The van der Waals surface area contributed by atoms with Gasteiger partial charge in [-0.25, -0.2) is 4.79 Å². The number of likely N-dealkylation sites (tertiary alicyclic amines) is 1. The van der Waals surface area contributed by atoms with Gasteiger partial charge in [0.25, 0.3) is 5.91 Å². The van der Waals surface area contributed by atoms with Gasteiger partial charge in [0.2, 0.25) is 5.78 Å². The zero-order chi connectivity index (χ0) is 24.9. The number of aromatic amines is 1. The molecule has 3 aliphatic rings. The molecule has 1 aliphatic heterocycles. The number of allylic oxidation sites excluding steroid dienone is 2. The van der Waals surface area contributed by atoms with Crippen molar-refractivity contribution < 1.29 is 41.4 Å². The highest BCUT2D eigenvalue weighted by molar-refractivity contribution is 6.12. The minimum absolute atomic E-state index is 0.00154. The predicted molar refractivity (Wildman–Crippen MR) is 113 cm³/mol. The van der Waals surface area contributed by atoms with Crippen molar-refractivity contribution in [3.05, 3.63) is 64.3 Å². The average Bonchev–Trinajstić information content (AvgIpc) is 3.16. The van der Waals surface area contributed by atoms with Crippen LogP contribution < -0.4 is 4.74 Å². The number of fused-ring (bicyclic) bond motifs is 2. The van der Waals surface area contributed by atoms with E-state index >= 15 is 0 Å². The van der Waals surface area contributed by atoms with Crippen molar-refractivity contribution in [2.75, 3.05) is 20.8 Å². The number of methoxy groups -OCH3 is 2. The summed E-state index contributed by atoms with van der Waals surface area (Å²) in [4.78, 5) is 42.3. The van der Waals surface area contributed by atoms with Crippen molar-refractivity contribution in [1.82, 2.24) is 9.88 Å². The van der Waals surface area contributed by atoms with Gasteiger partial charge in [-0.2, -0.15) is 13.2 Å². The molecule has 1 saturated carbocycles. The number of esters is 1. The number of halogens is 3. The van der Waals surface area contributed by atoms with E-state index in [0.717, 1.165) is 7.11 Å². The number of furan rings is 1. The number of amides is 1. The maximum absolute atomic E-state index is 13.8. The first-order chi connectivity index (χ1) is 16.6. The van der Waals surface area contributed by atoms with Gasteiger partial charge >= 0.3 is 12.1 Å². The molecule has 2 fully saturated rings. The van der Waals surface area contributed by atoms with Crippen molar-refractivity contribution in [2.24, 2.45) is 5.92 Å². The van der Waals surface area contributed by atoms with Gasteiger partial charge in [0.15, 0.2) is 17.1 Å². The Hall–Kier alpha value is -4.02. The second-order valence-corrected chi connectivity index (χ2v) is 8.79. The first-order valence-corrected chi connectivity index (χ1v) is 10.7. The minimum atomic E-state index is -4.91. The highest BCUT2D eigenvalue weighted by Gasteiger charge is 2.69. The number of aromatic nitrogens is 1. The fourth-order valence-corrected chi connectivity index (χ4v) is 5.54. The van der Waals surface area contributed by atoms with E-state index in [1.807, 2.05) is 0 Å². The Labute approximate surface area is 195 Å². The van der Waals surface area contributed by atoms with E-state index < -0.39 is 40.5 Å². The number of nitrogens with one attached hydrogen (secondary N) is 1. The maximum Gasteiger partial charge on any atom is 0.432 e. The lowest BCUT2D eigenvalue weighted by Crippen LogP contribution is -2.34. The second kappa shape index (κ2) is 6.77. The number of rotatable bonds is 3. The molecule has 2 aromatic heterocycles. The molecular weight excluding hydrogens is 469 g/mol. The van der Waals surface area contributed by atoms with Crippen LogP contribution in [0.15, 0.2) is 40.5 Å². The topological polar surface area (TPSA) is 102 Å². The third-order valence-corrected chi connectivity index (χ3v) is 7.07. The third kappa shape index (κ3) is 2.71. The molecule has 3 heterocycles. The quantitative estimate of drug-likeness (QED) is 0.560. The Balaban J connectivity index is 1.46. The van der Waals surface area contributed by atoms with Crippen molar-refractivity contribution in [1.29, 1.82) is 0 Å². The van der Waals surface area contributed by atoms with Gasteiger partial charge in [-0.15, -0.1) is 0 Å². The van der Waals surface area contributed by atoms with Crippen molar-refractivity contribution in [3.63, 3.8) is 0 Å². The van der Waals surface area contributed by atoms with Gasteiger partial charge in [0.1, 0.15) is 5.69 Å².